The van der Waals surface area contributed by atoms with Gasteiger partial charge in [0.05, 0.1) is 0 Å². The molecule has 3 aromatic rings. The van der Waals surface area contributed by atoms with Crippen molar-refractivity contribution in [3.63, 3.8) is 0 Å². The zero-order valence-corrected chi connectivity index (χ0v) is 25.7. The maximum Gasteiger partial charge on any atom is 0.185 e. The van der Waals surface area contributed by atoms with Crippen LogP contribution in [0.1, 0.15) is 44.5 Å². The highest BCUT2D eigenvalue weighted by atomic mass is 15.0. The molecule has 12 heteroatoms. The van der Waals surface area contributed by atoms with Gasteiger partial charge in [0, 0.05) is 48.4 Å². The van der Waals surface area contributed by atoms with E-state index in [4.69, 9.17) is 44.6 Å². The Kier molecular flexibility index (Phi) is 13.3. The SMILES string of the molecule is N=C(N)NCCc1cc(C#Cc2cccc(C#Cc3cc(CCNC(=N)N)cc(CCNC(=N)N)c3)c2)cc(CCNC(=N)N)c1. The van der Waals surface area contributed by atoms with Crippen molar-refractivity contribution >= 4 is 23.8 Å². The van der Waals surface area contributed by atoms with Crippen LogP contribution in [0.25, 0.3) is 0 Å². The summed E-state index contributed by atoms with van der Waals surface area (Å²) in [5, 5.41) is 40.9. The first-order chi connectivity index (χ1) is 22.0. The number of rotatable bonds is 12. The third-order valence-electron chi connectivity index (χ3n) is 6.59. The van der Waals surface area contributed by atoms with Gasteiger partial charge in [0.15, 0.2) is 23.8 Å². The van der Waals surface area contributed by atoms with Crippen LogP contribution in [0, 0.1) is 45.3 Å². The molecule has 0 saturated heterocycles. The molecule has 0 spiro atoms. The third-order valence-corrected chi connectivity index (χ3v) is 6.59. The second kappa shape index (κ2) is 17.9. The first-order valence-corrected chi connectivity index (χ1v) is 14.8. The molecule has 0 aromatic heterocycles. The Labute approximate surface area is 270 Å². The molecule has 0 fully saturated rings. The van der Waals surface area contributed by atoms with Gasteiger partial charge in [-0.2, -0.15) is 0 Å². The predicted octanol–water partition coefficient (Wildman–Crippen LogP) is 0.588. The zero-order chi connectivity index (χ0) is 33.3. The van der Waals surface area contributed by atoms with Crippen molar-refractivity contribution in [2.24, 2.45) is 22.9 Å². The molecule has 16 N–H and O–H groups in total. The van der Waals surface area contributed by atoms with Gasteiger partial charge in [-0.3, -0.25) is 21.6 Å². The Hall–Kier alpha value is -6.14. The van der Waals surface area contributed by atoms with E-state index in [-0.39, 0.29) is 23.8 Å². The maximum absolute atomic E-state index is 7.40. The highest BCUT2D eigenvalue weighted by Crippen LogP contribution is 2.14. The van der Waals surface area contributed by atoms with Crippen molar-refractivity contribution in [3.05, 3.63) is 105 Å². The van der Waals surface area contributed by atoms with E-state index in [0.29, 0.717) is 51.9 Å². The Bertz CT molecular complexity index is 1490. The van der Waals surface area contributed by atoms with Crippen LogP contribution >= 0.6 is 0 Å². The van der Waals surface area contributed by atoms with Crippen molar-refractivity contribution < 1.29 is 0 Å². The molecule has 0 bridgehead atoms. The molecule has 3 aromatic carbocycles. The molecule has 46 heavy (non-hydrogen) atoms. The molecular weight excluding hydrogens is 576 g/mol. The van der Waals surface area contributed by atoms with Gasteiger partial charge in [-0.15, -0.1) is 0 Å². The molecule has 0 unspecified atom stereocenters. The smallest absolute Gasteiger partial charge is 0.185 e. The molecule has 0 amide bonds. The van der Waals surface area contributed by atoms with Gasteiger partial charge in [0.25, 0.3) is 0 Å². The Balaban J connectivity index is 1.82. The van der Waals surface area contributed by atoms with Gasteiger partial charge in [-0.05, 0) is 90.4 Å². The number of hydrogen-bond donors (Lipinski definition) is 12. The number of hydrogen-bond acceptors (Lipinski definition) is 4. The van der Waals surface area contributed by atoms with Crippen molar-refractivity contribution in [2.45, 2.75) is 25.7 Å². The maximum atomic E-state index is 7.40. The number of benzene rings is 3. The van der Waals surface area contributed by atoms with Crippen LogP contribution in [0.2, 0.25) is 0 Å². The van der Waals surface area contributed by atoms with Crippen LogP contribution in [0.5, 0.6) is 0 Å². The largest absolute Gasteiger partial charge is 0.370 e. The number of guanidine groups is 4. The predicted molar refractivity (Wildman–Crippen MR) is 186 cm³/mol. The van der Waals surface area contributed by atoms with Crippen LogP contribution in [0.15, 0.2) is 60.7 Å². The van der Waals surface area contributed by atoms with E-state index in [9.17, 15) is 0 Å². The average Bonchev–Trinajstić information content (AvgIpc) is 2.98. The fourth-order valence-corrected chi connectivity index (χ4v) is 4.58. The normalized spacial score (nSPS) is 9.91. The summed E-state index contributed by atoms with van der Waals surface area (Å²) < 4.78 is 0. The Morgan fingerprint density at radius 2 is 0.717 bits per heavy atom. The highest BCUT2D eigenvalue weighted by molar-refractivity contribution is 5.75. The van der Waals surface area contributed by atoms with Gasteiger partial charge in [-0.1, -0.05) is 41.9 Å². The van der Waals surface area contributed by atoms with Gasteiger partial charge >= 0.3 is 0 Å². The molecule has 0 aliphatic carbocycles. The minimum atomic E-state index is -0.0677. The van der Waals surface area contributed by atoms with Crippen molar-refractivity contribution in [3.8, 4) is 23.7 Å². The first kappa shape index (κ1) is 34.4. The molecule has 238 valence electrons. The molecule has 0 radical (unpaired) electrons. The van der Waals surface area contributed by atoms with Gasteiger partial charge in [0.1, 0.15) is 0 Å². The number of nitrogens with two attached hydrogens (primary N) is 4. The van der Waals surface area contributed by atoms with E-state index in [0.717, 1.165) is 44.5 Å². The lowest BCUT2D eigenvalue weighted by Crippen LogP contribution is -2.32. The summed E-state index contributed by atoms with van der Waals surface area (Å²) in [6.07, 6.45) is 2.71. The monoisotopic (exact) mass is 618 g/mol. The molecule has 0 heterocycles. The minimum absolute atomic E-state index is 0.0677. The van der Waals surface area contributed by atoms with E-state index in [1.807, 2.05) is 48.5 Å². The van der Waals surface area contributed by atoms with Gasteiger partial charge < -0.3 is 44.2 Å². The van der Waals surface area contributed by atoms with Crippen LogP contribution in [0.3, 0.4) is 0 Å². The van der Waals surface area contributed by atoms with E-state index >= 15 is 0 Å². The minimum Gasteiger partial charge on any atom is -0.370 e. The summed E-state index contributed by atoms with van der Waals surface area (Å²) in [6.45, 7) is 2.14. The lowest BCUT2D eigenvalue weighted by Gasteiger charge is -2.09. The zero-order valence-electron chi connectivity index (χ0n) is 25.7. The molecule has 3 rings (SSSR count). The van der Waals surface area contributed by atoms with Crippen LogP contribution in [-0.4, -0.2) is 50.0 Å². The highest BCUT2D eigenvalue weighted by Gasteiger charge is 2.04. The standard InChI is InChI=1S/C34H42N12/c35-31(36)43-12-8-27-17-25(18-28(21-27)9-13-44-32(37)38)6-4-23-2-1-3-24(16-23)5-7-26-19-29(10-14-45-33(39)40)22-30(20-26)11-15-46-34(41)42/h1-3,16-22H,8-15H2,(H4,35,36,43)(H4,37,38,44)(H4,39,40,45)(H4,41,42,46). The van der Waals surface area contributed by atoms with E-state index in [1.165, 1.54) is 0 Å². The Morgan fingerprint density at radius 3 is 1.00 bits per heavy atom. The molecule has 0 saturated carbocycles. The fourth-order valence-electron chi connectivity index (χ4n) is 4.58. The molecule has 12 nitrogen and oxygen atoms in total. The van der Waals surface area contributed by atoms with E-state index in [2.05, 4.69) is 57.1 Å². The first-order valence-electron chi connectivity index (χ1n) is 14.8. The van der Waals surface area contributed by atoms with Crippen molar-refractivity contribution in [1.82, 2.24) is 21.3 Å². The molecule has 0 aliphatic heterocycles. The summed E-state index contributed by atoms with van der Waals surface area (Å²) >= 11 is 0. The summed E-state index contributed by atoms with van der Waals surface area (Å²) in [4.78, 5) is 0. The van der Waals surface area contributed by atoms with Gasteiger partial charge in [0.2, 0.25) is 0 Å². The lowest BCUT2D eigenvalue weighted by molar-refractivity contribution is 0.837. The lowest BCUT2D eigenvalue weighted by atomic mass is 10.0. The second-order valence-corrected chi connectivity index (χ2v) is 10.5. The Morgan fingerprint density at radius 1 is 0.435 bits per heavy atom. The van der Waals surface area contributed by atoms with E-state index in [1.54, 1.807) is 0 Å². The molecule has 0 aliphatic rings. The summed E-state index contributed by atoms with van der Waals surface area (Å²) in [7, 11) is 0. The quantitative estimate of drug-likeness (QED) is 0.0776. The number of nitrogens with one attached hydrogen (secondary N) is 8. The van der Waals surface area contributed by atoms with Crippen LogP contribution < -0.4 is 44.2 Å². The third kappa shape index (κ3) is 13.4. The van der Waals surface area contributed by atoms with Crippen LogP contribution in [-0.2, 0) is 25.7 Å². The van der Waals surface area contributed by atoms with Gasteiger partial charge in [-0.25, -0.2) is 0 Å². The fraction of sp³-hybridized carbons (Fsp3) is 0.235. The molecule has 0 atom stereocenters. The molecular formula is C34H42N12. The topological polar surface area (TPSA) is 248 Å². The van der Waals surface area contributed by atoms with E-state index < -0.39 is 0 Å². The summed E-state index contributed by atoms with van der Waals surface area (Å²) in [6, 6.07) is 20.1. The summed E-state index contributed by atoms with van der Waals surface area (Å²) in [5.74, 6) is 12.8. The average molecular weight is 619 g/mol. The van der Waals surface area contributed by atoms with Crippen molar-refractivity contribution in [1.29, 1.82) is 21.6 Å². The second-order valence-electron chi connectivity index (χ2n) is 10.5. The summed E-state index contributed by atoms with van der Waals surface area (Å²) in [5.41, 5.74) is 29.4. The van der Waals surface area contributed by atoms with Crippen molar-refractivity contribution in [2.75, 3.05) is 26.2 Å². The van der Waals surface area contributed by atoms with Crippen LogP contribution in [0.4, 0.5) is 0 Å².